The number of alkyl halides is 3. The molecule has 0 spiro atoms. The molecular formula is C30H36F3N3O3. The second-order valence-corrected chi connectivity index (χ2v) is 11.4. The van der Waals surface area contributed by atoms with Gasteiger partial charge in [0.25, 0.3) is 0 Å². The van der Waals surface area contributed by atoms with Gasteiger partial charge in [-0.15, -0.1) is 0 Å². The molecule has 210 valence electrons. The number of carbonyl (C=O) groups is 2. The number of fused-ring (bicyclic) bond motifs is 2. The van der Waals surface area contributed by atoms with Gasteiger partial charge in [0, 0.05) is 26.1 Å². The lowest BCUT2D eigenvalue weighted by Gasteiger charge is -2.58. The van der Waals surface area contributed by atoms with Gasteiger partial charge >= 0.3 is 6.18 Å². The lowest BCUT2D eigenvalue weighted by Crippen LogP contribution is -2.74. The molecule has 2 aromatic carbocycles. The number of benzene rings is 2. The summed E-state index contributed by atoms with van der Waals surface area (Å²) in [6.45, 7) is 5.59. The number of rotatable bonds is 7. The van der Waals surface area contributed by atoms with Crippen LogP contribution in [0.15, 0.2) is 48.5 Å². The standard InChI is InChI=1S/C30H36F3N3O3/c1-21-14-23(16-25(15-21)30(31,32)33)22(2)39-20-29(24-8-4-3-5-9-24)12-11-28(19-36(29)17-26(37)34-28)18-35-13-7-6-10-27(35)38/h3-5,8-9,14-16,22H,6-7,10-13,17-20H2,1-2H3,(H,34,37)/t22-,28+,29-/m1/s1. The largest absolute Gasteiger partial charge is 0.416 e. The van der Waals surface area contributed by atoms with Crippen LogP contribution in [0.25, 0.3) is 0 Å². The molecule has 1 N–H and O–H groups in total. The third-order valence-electron chi connectivity index (χ3n) is 8.55. The molecule has 0 radical (unpaired) electrons. The average molecular weight is 544 g/mol. The van der Waals surface area contributed by atoms with Crippen molar-refractivity contribution in [1.29, 1.82) is 0 Å². The number of nitrogens with zero attached hydrogens (tertiary/aromatic N) is 2. The summed E-state index contributed by atoms with van der Waals surface area (Å²) in [7, 11) is 0. The molecule has 0 saturated carbocycles. The summed E-state index contributed by atoms with van der Waals surface area (Å²) in [6.07, 6.45) is -1.27. The van der Waals surface area contributed by atoms with E-state index in [0.29, 0.717) is 50.0 Å². The number of carbonyl (C=O) groups excluding carboxylic acids is 2. The number of nitrogens with one attached hydrogen (secondary N) is 1. The first kappa shape index (κ1) is 27.6. The van der Waals surface area contributed by atoms with E-state index in [4.69, 9.17) is 4.74 Å². The van der Waals surface area contributed by atoms with E-state index in [1.165, 1.54) is 0 Å². The van der Waals surface area contributed by atoms with Crippen molar-refractivity contribution in [2.45, 2.75) is 69.3 Å². The lowest BCUT2D eigenvalue weighted by atomic mass is 9.72. The Balaban J connectivity index is 1.41. The minimum absolute atomic E-state index is 0.0905. The van der Waals surface area contributed by atoms with Crippen molar-refractivity contribution >= 4 is 11.8 Å². The van der Waals surface area contributed by atoms with Crippen molar-refractivity contribution in [2.75, 3.05) is 32.8 Å². The van der Waals surface area contributed by atoms with Crippen molar-refractivity contribution in [1.82, 2.24) is 15.1 Å². The van der Waals surface area contributed by atoms with E-state index in [9.17, 15) is 22.8 Å². The zero-order chi connectivity index (χ0) is 27.8. The zero-order valence-corrected chi connectivity index (χ0v) is 22.5. The lowest BCUT2D eigenvalue weighted by molar-refractivity contribution is -0.149. The Morgan fingerprint density at radius 1 is 1.08 bits per heavy atom. The van der Waals surface area contributed by atoms with Gasteiger partial charge in [-0.3, -0.25) is 14.5 Å². The Labute approximate surface area is 227 Å². The number of piperidine rings is 2. The van der Waals surface area contributed by atoms with Crippen LogP contribution >= 0.6 is 0 Å². The normalized spacial score (nSPS) is 28.2. The molecule has 4 atom stereocenters. The minimum atomic E-state index is -4.44. The number of hydrogen-bond acceptors (Lipinski definition) is 4. The molecule has 2 bridgehead atoms. The second-order valence-electron chi connectivity index (χ2n) is 11.4. The number of piperazine rings is 1. The van der Waals surface area contributed by atoms with Crippen molar-refractivity contribution in [3.8, 4) is 0 Å². The molecule has 6 nitrogen and oxygen atoms in total. The van der Waals surface area contributed by atoms with Crippen molar-refractivity contribution in [2.24, 2.45) is 0 Å². The van der Waals surface area contributed by atoms with Crippen LogP contribution in [0.5, 0.6) is 0 Å². The van der Waals surface area contributed by atoms with E-state index in [0.717, 1.165) is 30.5 Å². The number of amides is 2. The molecule has 2 aromatic rings. The highest BCUT2D eigenvalue weighted by Gasteiger charge is 2.53. The van der Waals surface area contributed by atoms with Gasteiger partial charge in [0.2, 0.25) is 11.8 Å². The van der Waals surface area contributed by atoms with Crippen molar-refractivity contribution in [3.63, 3.8) is 0 Å². The van der Waals surface area contributed by atoms with Crippen LogP contribution in [0.3, 0.4) is 0 Å². The van der Waals surface area contributed by atoms with Gasteiger partial charge < -0.3 is 15.0 Å². The van der Waals surface area contributed by atoms with Crippen LogP contribution in [0, 0.1) is 6.92 Å². The Morgan fingerprint density at radius 2 is 1.85 bits per heavy atom. The summed E-state index contributed by atoms with van der Waals surface area (Å²) in [6, 6.07) is 13.9. The summed E-state index contributed by atoms with van der Waals surface area (Å²) in [4.78, 5) is 29.7. The highest BCUT2D eigenvalue weighted by Crippen LogP contribution is 2.44. The first-order valence-electron chi connectivity index (χ1n) is 13.7. The van der Waals surface area contributed by atoms with Crippen molar-refractivity contribution in [3.05, 3.63) is 70.8 Å². The van der Waals surface area contributed by atoms with Gasteiger partial charge in [-0.05, 0) is 62.8 Å². The Morgan fingerprint density at radius 3 is 2.56 bits per heavy atom. The minimum Gasteiger partial charge on any atom is -0.372 e. The van der Waals surface area contributed by atoms with Gasteiger partial charge in [0.1, 0.15) is 0 Å². The molecule has 3 aliphatic rings. The van der Waals surface area contributed by atoms with E-state index in [1.54, 1.807) is 19.9 Å². The first-order chi connectivity index (χ1) is 18.5. The van der Waals surface area contributed by atoms with Gasteiger partial charge in [-0.25, -0.2) is 0 Å². The fourth-order valence-electron chi connectivity index (χ4n) is 6.47. The van der Waals surface area contributed by atoms with Crippen LogP contribution in [0.4, 0.5) is 13.2 Å². The van der Waals surface area contributed by atoms with Crippen LogP contribution in [0.2, 0.25) is 0 Å². The molecule has 0 aromatic heterocycles. The number of hydrogen-bond donors (Lipinski definition) is 1. The fourth-order valence-corrected chi connectivity index (χ4v) is 6.47. The molecule has 5 rings (SSSR count). The van der Waals surface area contributed by atoms with E-state index in [1.807, 2.05) is 35.2 Å². The van der Waals surface area contributed by atoms with Crippen LogP contribution in [-0.2, 0) is 26.0 Å². The molecule has 9 heteroatoms. The number of aryl methyl sites for hydroxylation is 1. The van der Waals surface area contributed by atoms with E-state index < -0.39 is 28.9 Å². The number of likely N-dealkylation sites (tertiary alicyclic amines) is 1. The van der Waals surface area contributed by atoms with Crippen LogP contribution in [0.1, 0.15) is 67.4 Å². The second kappa shape index (κ2) is 10.6. The van der Waals surface area contributed by atoms with Gasteiger partial charge in [0.05, 0.1) is 35.9 Å². The van der Waals surface area contributed by atoms with E-state index >= 15 is 0 Å². The molecule has 3 aliphatic heterocycles. The van der Waals surface area contributed by atoms with Gasteiger partial charge in [-0.1, -0.05) is 42.0 Å². The summed E-state index contributed by atoms with van der Waals surface area (Å²) in [5.41, 5.74) is 0.151. The Kier molecular flexibility index (Phi) is 7.50. The summed E-state index contributed by atoms with van der Waals surface area (Å²) in [5, 5.41) is 3.21. The van der Waals surface area contributed by atoms with Crippen LogP contribution in [-0.4, -0.2) is 59.9 Å². The Bertz CT molecular complexity index is 1220. The van der Waals surface area contributed by atoms with Gasteiger partial charge in [-0.2, -0.15) is 13.2 Å². The quantitative estimate of drug-likeness (QED) is 0.536. The molecule has 39 heavy (non-hydrogen) atoms. The van der Waals surface area contributed by atoms with E-state index in [-0.39, 0.29) is 25.0 Å². The molecule has 0 aliphatic carbocycles. The topological polar surface area (TPSA) is 61.9 Å². The van der Waals surface area contributed by atoms with Gasteiger partial charge in [0.15, 0.2) is 0 Å². The first-order valence-corrected chi connectivity index (χ1v) is 13.7. The molecule has 3 heterocycles. The maximum atomic E-state index is 13.5. The zero-order valence-electron chi connectivity index (χ0n) is 22.5. The highest BCUT2D eigenvalue weighted by molar-refractivity contribution is 5.81. The number of ether oxygens (including phenoxy) is 1. The maximum Gasteiger partial charge on any atom is 0.416 e. The predicted octanol–water partition coefficient (Wildman–Crippen LogP) is 4.96. The number of halogens is 3. The molecule has 3 fully saturated rings. The van der Waals surface area contributed by atoms with Crippen LogP contribution < -0.4 is 5.32 Å². The summed E-state index contributed by atoms with van der Waals surface area (Å²) >= 11 is 0. The summed E-state index contributed by atoms with van der Waals surface area (Å²) < 4.78 is 46.8. The smallest absolute Gasteiger partial charge is 0.372 e. The highest BCUT2D eigenvalue weighted by atomic mass is 19.4. The third-order valence-corrected chi connectivity index (χ3v) is 8.55. The maximum absolute atomic E-state index is 13.5. The summed E-state index contributed by atoms with van der Waals surface area (Å²) in [5.74, 6) is 0.0442. The molecule has 1 unspecified atom stereocenters. The van der Waals surface area contributed by atoms with E-state index in [2.05, 4.69) is 10.2 Å². The SMILES string of the molecule is Cc1cc([C@@H](C)OC[C@@]2(c3ccccc3)CC[C@]3(CN4CCCCC4=O)CN2CC(=O)N3)cc(C(F)(F)F)c1. The molecule has 3 saturated heterocycles. The Hall–Kier alpha value is -2.91. The van der Waals surface area contributed by atoms with Crippen molar-refractivity contribution < 1.29 is 27.5 Å². The molecule has 2 amide bonds. The monoisotopic (exact) mass is 543 g/mol. The molecular weight excluding hydrogens is 507 g/mol. The average Bonchev–Trinajstić information content (AvgIpc) is 2.89. The predicted molar refractivity (Wildman–Crippen MR) is 141 cm³/mol. The third kappa shape index (κ3) is 5.70. The fraction of sp³-hybridized carbons (Fsp3) is 0.533.